The third-order valence-corrected chi connectivity index (χ3v) is 10.4. The standard InChI is InChI=1S/C38H43NO8/c1-3-23-14-24(27-12-22(21-40)13-29(15-27)39-4-2)7-8-25-19-36(43)46-34-20-33(42)28(17-31(25)34)18-35(47-37(23)44)38(45)11-5-6-26-16-30(41)9-10-32(26)38/h3,12-13,15,17,20,24-26,32,35,39-40,42,45H,4-6,9-11,14,16,18-19,21H2,1-2H3/b23-3-/t24-,25-,26-,32+,35+,38-/m0/s1. The van der Waals surface area contributed by atoms with Crippen molar-refractivity contribution in [2.24, 2.45) is 11.8 Å². The maximum Gasteiger partial charge on any atom is 0.334 e. The van der Waals surface area contributed by atoms with Gasteiger partial charge in [-0.25, -0.2) is 4.79 Å². The minimum atomic E-state index is -1.40. The number of esters is 2. The molecule has 2 aliphatic heterocycles. The Morgan fingerprint density at radius 1 is 1.02 bits per heavy atom. The van der Waals surface area contributed by atoms with E-state index in [0.717, 1.165) is 17.7 Å². The largest absolute Gasteiger partial charge is 0.508 e. The summed E-state index contributed by atoms with van der Waals surface area (Å²) in [6, 6.07) is 8.85. The average molecular weight is 642 g/mol. The van der Waals surface area contributed by atoms with Gasteiger partial charge in [-0.05, 0) is 86.3 Å². The Kier molecular flexibility index (Phi) is 9.45. The number of benzene rings is 2. The molecule has 0 unspecified atom stereocenters. The number of ether oxygens (including phenoxy) is 2. The number of phenols is 1. The molecule has 2 bridgehead atoms. The van der Waals surface area contributed by atoms with Gasteiger partial charge >= 0.3 is 11.9 Å². The first-order valence-electron chi connectivity index (χ1n) is 16.8. The number of Topliss-reactive ketones (excluding diaryl/α,β-unsaturated/α-hetero) is 1. The topological polar surface area (TPSA) is 142 Å². The van der Waals surface area contributed by atoms with Crippen molar-refractivity contribution in [3.05, 3.63) is 64.2 Å². The molecule has 9 nitrogen and oxygen atoms in total. The molecule has 6 rings (SSSR count). The lowest BCUT2D eigenvalue weighted by molar-refractivity contribution is -0.187. The number of carbonyl (C=O) groups is 3. The summed E-state index contributed by atoms with van der Waals surface area (Å²) in [6.07, 6.45) is 4.19. The number of cyclic esters (lactones) is 1. The van der Waals surface area contributed by atoms with Gasteiger partial charge < -0.3 is 30.1 Å². The maximum atomic E-state index is 14.1. The van der Waals surface area contributed by atoms with Crippen molar-refractivity contribution in [3.63, 3.8) is 0 Å². The van der Waals surface area contributed by atoms with Gasteiger partial charge in [0.1, 0.15) is 29.0 Å². The smallest absolute Gasteiger partial charge is 0.334 e. The van der Waals surface area contributed by atoms with E-state index in [1.807, 2.05) is 25.1 Å². The van der Waals surface area contributed by atoms with Gasteiger partial charge in [0.25, 0.3) is 0 Å². The summed E-state index contributed by atoms with van der Waals surface area (Å²) in [5.74, 6) is 4.66. The minimum Gasteiger partial charge on any atom is -0.508 e. The Morgan fingerprint density at radius 3 is 2.60 bits per heavy atom. The van der Waals surface area contributed by atoms with Crippen LogP contribution in [0.5, 0.6) is 11.5 Å². The summed E-state index contributed by atoms with van der Waals surface area (Å²) in [6.45, 7) is 4.24. The second-order valence-electron chi connectivity index (χ2n) is 13.4. The number of allylic oxidation sites excluding steroid dienone is 1. The van der Waals surface area contributed by atoms with Crippen molar-refractivity contribution in [1.29, 1.82) is 0 Å². The number of hydrogen-bond acceptors (Lipinski definition) is 9. The predicted molar refractivity (Wildman–Crippen MR) is 175 cm³/mol. The monoisotopic (exact) mass is 641 g/mol. The minimum absolute atomic E-state index is 0.00269. The predicted octanol–water partition coefficient (Wildman–Crippen LogP) is 5.20. The van der Waals surface area contributed by atoms with Crippen LogP contribution in [0.2, 0.25) is 0 Å². The van der Waals surface area contributed by atoms with Crippen molar-refractivity contribution in [1.82, 2.24) is 0 Å². The fourth-order valence-corrected chi connectivity index (χ4v) is 8.04. The Hall–Kier alpha value is -4.13. The molecule has 2 aromatic carbocycles. The third kappa shape index (κ3) is 6.67. The second-order valence-corrected chi connectivity index (χ2v) is 13.4. The van der Waals surface area contributed by atoms with E-state index in [-0.39, 0.29) is 55.0 Å². The van der Waals surface area contributed by atoms with Crippen LogP contribution in [0, 0.1) is 23.7 Å². The van der Waals surface area contributed by atoms with Gasteiger partial charge in [-0.15, -0.1) is 0 Å². The number of anilines is 1. The van der Waals surface area contributed by atoms with E-state index in [0.29, 0.717) is 60.9 Å². The lowest BCUT2D eigenvalue weighted by Crippen LogP contribution is -2.57. The SMILES string of the molecule is C/C=C1/C[C@@H](c2cc(CO)cc(NCC)c2)C#C[C@H]2CC(=O)Oc3cc(O)c(cc32)C[C@H]([C@]2(O)CCC[C@H]3CC(=O)CC[C@H]32)OC1=O. The van der Waals surface area contributed by atoms with Crippen LogP contribution >= 0.6 is 0 Å². The molecule has 9 heteroatoms. The summed E-state index contributed by atoms with van der Waals surface area (Å²) < 4.78 is 11.8. The first kappa shape index (κ1) is 32.8. The van der Waals surface area contributed by atoms with Crippen LogP contribution in [0.25, 0.3) is 0 Å². The zero-order valence-corrected chi connectivity index (χ0v) is 27.0. The van der Waals surface area contributed by atoms with E-state index in [1.165, 1.54) is 6.07 Å². The number of carbonyl (C=O) groups excluding carboxylic acids is 3. The molecule has 2 saturated carbocycles. The summed E-state index contributed by atoms with van der Waals surface area (Å²) >= 11 is 0. The van der Waals surface area contributed by atoms with Crippen LogP contribution in [-0.4, -0.2) is 51.3 Å². The fourth-order valence-electron chi connectivity index (χ4n) is 8.04. The molecule has 2 fully saturated rings. The number of aromatic hydroxyl groups is 1. The van der Waals surface area contributed by atoms with Crippen LogP contribution in [-0.2, 0) is 32.1 Å². The van der Waals surface area contributed by atoms with Crippen molar-refractivity contribution < 1.29 is 39.2 Å². The van der Waals surface area contributed by atoms with Gasteiger partial charge in [0.05, 0.1) is 18.9 Å². The van der Waals surface area contributed by atoms with Gasteiger partial charge in [0.2, 0.25) is 0 Å². The maximum absolute atomic E-state index is 14.1. The van der Waals surface area contributed by atoms with E-state index in [4.69, 9.17) is 9.47 Å². The Balaban J connectivity index is 1.48. The molecule has 0 aromatic heterocycles. The molecule has 0 amide bonds. The number of nitrogens with one attached hydrogen (secondary N) is 1. The van der Waals surface area contributed by atoms with E-state index in [9.17, 15) is 29.7 Å². The lowest BCUT2D eigenvalue weighted by Gasteiger charge is -2.50. The zero-order chi connectivity index (χ0) is 33.3. The van der Waals surface area contributed by atoms with Gasteiger partial charge in [-0.2, -0.15) is 0 Å². The fraction of sp³-hybridized carbons (Fsp3) is 0.500. The molecule has 2 heterocycles. The Labute approximate surface area is 275 Å². The normalized spacial score (nSPS) is 30.0. The number of hydrogen-bond donors (Lipinski definition) is 4. The highest BCUT2D eigenvalue weighted by Crippen LogP contribution is 2.49. The molecule has 2 aliphatic carbocycles. The highest BCUT2D eigenvalue weighted by Gasteiger charge is 2.52. The van der Waals surface area contributed by atoms with Crippen molar-refractivity contribution >= 4 is 23.4 Å². The first-order valence-corrected chi connectivity index (χ1v) is 16.8. The van der Waals surface area contributed by atoms with E-state index < -0.39 is 35.5 Å². The molecule has 0 radical (unpaired) electrons. The average Bonchev–Trinajstić information content (AvgIpc) is 3.05. The number of phenolic OH excluding ortho intramolecular Hbond substituents is 1. The second kappa shape index (κ2) is 13.5. The van der Waals surface area contributed by atoms with Crippen LogP contribution in [0.1, 0.15) is 99.3 Å². The summed E-state index contributed by atoms with van der Waals surface area (Å²) in [5, 5.41) is 37.0. The van der Waals surface area contributed by atoms with Gasteiger partial charge in [0, 0.05) is 54.6 Å². The zero-order valence-electron chi connectivity index (χ0n) is 27.0. The Bertz CT molecular complexity index is 1670. The molecular formula is C38H43NO8. The van der Waals surface area contributed by atoms with E-state index in [1.54, 1.807) is 19.1 Å². The molecule has 47 heavy (non-hydrogen) atoms. The summed E-state index contributed by atoms with van der Waals surface area (Å²) in [4.78, 5) is 39.1. The van der Waals surface area contributed by atoms with Gasteiger partial charge in [-0.1, -0.05) is 30.4 Å². The highest BCUT2D eigenvalue weighted by atomic mass is 16.6. The molecule has 2 aromatic rings. The number of aliphatic hydroxyl groups excluding tert-OH is 1. The Morgan fingerprint density at radius 2 is 1.83 bits per heavy atom. The molecule has 4 aliphatic rings. The molecule has 248 valence electrons. The van der Waals surface area contributed by atoms with Crippen LogP contribution in [0.15, 0.2) is 42.0 Å². The number of fused-ring (bicyclic) bond motifs is 2. The van der Waals surface area contributed by atoms with Crippen molar-refractivity contribution in [2.75, 3.05) is 11.9 Å². The summed E-state index contributed by atoms with van der Waals surface area (Å²) in [7, 11) is 0. The lowest BCUT2D eigenvalue weighted by atomic mass is 9.60. The van der Waals surface area contributed by atoms with Crippen LogP contribution < -0.4 is 10.1 Å². The molecule has 4 N–H and O–H groups in total. The van der Waals surface area contributed by atoms with Gasteiger partial charge in [0.15, 0.2) is 0 Å². The molecule has 6 atom stereocenters. The van der Waals surface area contributed by atoms with Crippen LogP contribution in [0.4, 0.5) is 5.69 Å². The molecule has 0 spiro atoms. The number of aliphatic hydroxyl groups is 2. The van der Waals surface area contributed by atoms with E-state index >= 15 is 0 Å². The number of ketones is 1. The molecular weight excluding hydrogens is 598 g/mol. The van der Waals surface area contributed by atoms with Crippen molar-refractivity contribution in [3.8, 4) is 23.3 Å². The highest BCUT2D eigenvalue weighted by molar-refractivity contribution is 5.89. The van der Waals surface area contributed by atoms with Gasteiger partial charge in [-0.3, -0.25) is 9.59 Å². The quantitative estimate of drug-likeness (QED) is 0.150. The van der Waals surface area contributed by atoms with Crippen molar-refractivity contribution in [2.45, 2.75) is 102 Å². The summed E-state index contributed by atoms with van der Waals surface area (Å²) in [5.41, 5.74) is 2.38. The number of rotatable bonds is 5. The third-order valence-electron chi connectivity index (χ3n) is 10.4. The first-order chi connectivity index (χ1) is 22.6. The molecule has 0 saturated heterocycles. The van der Waals surface area contributed by atoms with E-state index in [2.05, 4.69) is 17.2 Å². The van der Waals surface area contributed by atoms with Crippen LogP contribution in [0.3, 0.4) is 0 Å².